The standard InChI is InChI=1S/C19H27NO3/c1-2-18(19(21)20-13-17-8-5-11-22-17)23-16-10-9-14-6-3-4-7-15(14)12-16/h9-10,12,17-18H,2-8,11,13H2,1H3,(H,20,21). The summed E-state index contributed by atoms with van der Waals surface area (Å²) < 4.78 is 11.5. The summed E-state index contributed by atoms with van der Waals surface area (Å²) in [5.74, 6) is 0.769. The van der Waals surface area contributed by atoms with Crippen LogP contribution in [-0.2, 0) is 22.4 Å². The van der Waals surface area contributed by atoms with E-state index in [1.54, 1.807) is 0 Å². The van der Waals surface area contributed by atoms with Crippen molar-refractivity contribution in [2.45, 2.75) is 64.1 Å². The lowest BCUT2D eigenvalue weighted by atomic mass is 9.92. The number of amides is 1. The average Bonchev–Trinajstić information content (AvgIpc) is 3.11. The van der Waals surface area contributed by atoms with E-state index in [0.29, 0.717) is 13.0 Å². The third-order valence-electron chi connectivity index (χ3n) is 4.79. The van der Waals surface area contributed by atoms with Gasteiger partial charge in [0.2, 0.25) is 0 Å². The highest BCUT2D eigenvalue weighted by atomic mass is 16.5. The van der Waals surface area contributed by atoms with Crippen molar-refractivity contribution in [2.24, 2.45) is 0 Å². The van der Waals surface area contributed by atoms with Crippen molar-refractivity contribution < 1.29 is 14.3 Å². The fourth-order valence-corrected chi connectivity index (χ4v) is 3.40. The molecule has 0 saturated carbocycles. The summed E-state index contributed by atoms with van der Waals surface area (Å²) in [4.78, 5) is 12.3. The third-order valence-corrected chi connectivity index (χ3v) is 4.79. The topological polar surface area (TPSA) is 47.6 Å². The number of carbonyl (C=O) groups excluding carboxylic acids is 1. The van der Waals surface area contributed by atoms with Crippen molar-refractivity contribution in [3.63, 3.8) is 0 Å². The van der Waals surface area contributed by atoms with E-state index in [2.05, 4.69) is 17.4 Å². The summed E-state index contributed by atoms with van der Waals surface area (Å²) in [7, 11) is 0. The Morgan fingerprint density at radius 2 is 2.13 bits per heavy atom. The van der Waals surface area contributed by atoms with E-state index < -0.39 is 6.10 Å². The van der Waals surface area contributed by atoms with Crippen LogP contribution in [0.15, 0.2) is 18.2 Å². The number of hydrogen-bond donors (Lipinski definition) is 1. The van der Waals surface area contributed by atoms with Gasteiger partial charge in [0.25, 0.3) is 5.91 Å². The van der Waals surface area contributed by atoms with Crippen LogP contribution in [0.2, 0.25) is 0 Å². The molecule has 2 atom stereocenters. The minimum absolute atomic E-state index is 0.0410. The number of hydrogen-bond acceptors (Lipinski definition) is 3. The molecule has 0 bridgehead atoms. The second-order valence-corrected chi connectivity index (χ2v) is 6.53. The van der Waals surface area contributed by atoms with Crippen LogP contribution in [0.25, 0.3) is 0 Å². The second-order valence-electron chi connectivity index (χ2n) is 6.53. The van der Waals surface area contributed by atoms with Gasteiger partial charge in [-0.25, -0.2) is 0 Å². The maximum atomic E-state index is 12.3. The number of benzene rings is 1. The van der Waals surface area contributed by atoms with Crippen molar-refractivity contribution in [3.8, 4) is 5.75 Å². The van der Waals surface area contributed by atoms with Gasteiger partial charge in [-0.3, -0.25) is 4.79 Å². The lowest BCUT2D eigenvalue weighted by Gasteiger charge is -2.21. The molecule has 1 amide bonds. The Hall–Kier alpha value is -1.55. The van der Waals surface area contributed by atoms with Gasteiger partial charge < -0.3 is 14.8 Å². The zero-order valence-corrected chi connectivity index (χ0v) is 14.0. The average molecular weight is 317 g/mol. The molecule has 1 aromatic carbocycles. The molecule has 23 heavy (non-hydrogen) atoms. The van der Waals surface area contributed by atoms with Crippen LogP contribution >= 0.6 is 0 Å². The van der Waals surface area contributed by atoms with Crippen LogP contribution in [0, 0.1) is 0 Å². The Morgan fingerprint density at radius 1 is 1.30 bits per heavy atom. The molecular formula is C19H27NO3. The van der Waals surface area contributed by atoms with Crippen LogP contribution in [0.1, 0.15) is 50.2 Å². The Labute approximate surface area is 138 Å². The van der Waals surface area contributed by atoms with Crippen LogP contribution in [0.5, 0.6) is 5.75 Å². The van der Waals surface area contributed by atoms with Gasteiger partial charge in [0, 0.05) is 13.2 Å². The van der Waals surface area contributed by atoms with E-state index in [0.717, 1.165) is 38.0 Å². The molecule has 1 N–H and O–H groups in total. The van der Waals surface area contributed by atoms with Gasteiger partial charge in [-0.2, -0.15) is 0 Å². The summed E-state index contributed by atoms with van der Waals surface area (Å²) in [6.07, 6.45) is 7.31. The molecule has 4 nitrogen and oxygen atoms in total. The van der Waals surface area contributed by atoms with E-state index in [-0.39, 0.29) is 12.0 Å². The van der Waals surface area contributed by atoms with Gasteiger partial charge in [-0.1, -0.05) is 13.0 Å². The Bertz CT molecular complexity index is 537. The monoisotopic (exact) mass is 317 g/mol. The van der Waals surface area contributed by atoms with Crippen LogP contribution in [0.4, 0.5) is 0 Å². The van der Waals surface area contributed by atoms with Crippen LogP contribution < -0.4 is 10.1 Å². The SMILES string of the molecule is CCC(Oc1ccc2c(c1)CCCC2)C(=O)NCC1CCCO1. The first kappa shape index (κ1) is 16.3. The molecule has 3 rings (SSSR count). The minimum Gasteiger partial charge on any atom is -0.481 e. The molecule has 126 valence electrons. The molecule has 1 saturated heterocycles. The van der Waals surface area contributed by atoms with Gasteiger partial charge in [0.05, 0.1) is 6.10 Å². The number of ether oxygens (including phenoxy) is 2. The fourth-order valence-electron chi connectivity index (χ4n) is 3.40. The summed E-state index contributed by atoms with van der Waals surface area (Å²) in [6.45, 7) is 3.38. The molecule has 1 aromatic rings. The number of nitrogens with one attached hydrogen (secondary N) is 1. The molecule has 0 radical (unpaired) electrons. The number of aryl methyl sites for hydroxylation is 2. The number of rotatable bonds is 6. The first-order valence-corrected chi connectivity index (χ1v) is 8.94. The maximum absolute atomic E-state index is 12.3. The van der Waals surface area contributed by atoms with Gasteiger partial charge in [-0.05, 0) is 68.2 Å². The third kappa shape index (κ3) is 4.25. The van der Waals surface area contributed by atoms with Crippen LogP contribution in [-0.4, -0.2) is 31.3 Å². The van der Waals surface area contributed by atoms with Crippen molar-refractivity contribution in [1.82, 2.24) is 5.32 Å². The molecule has 2 aliphatic rings. The second kappa shape index (κ2) is 7.82. The molecule has 1 fully saturated rings. The zero-order valence-electron chi connectivity index (χ0n) is 14.0. The van der Waals surface area contributed by atoms with E-state index in [9.17, 15) is 4.79 Å². The summed E-state index contributed by atoms with van der Waals surface area (Å²) in [5, 5.41) is 2.97. The summed E-state index contributed by atoms with van der Waals surface area (Å²) in [5.41, 5.74) is 2.81. The number of carbonyl (C=O) groups is 1. The smallest absolute Gasteiger partial charge is 0.261 e. The van der Waals surface area contributed by atoms with E-state index in [1.165, 1.54) is 24.0 Å². The van der Waals surface area contributed by atoms with E-state index >= 15 is 0 Å². The lowest BCUT2D eigenvalue weighted by molar-refractivity contribution is -0.128. The van der Waals surface area contributed by atoms with Gasteiger partial charge in [0.1, 0.15) is 5.75 Å². The highest BCUT2D eigenvalue weighted by molar-refractivity contribution is 5.81. The maximum Gasteiger partial charge on any atom is 0.261 e. The van der Waals surface area contributed by atoms with Gasteiger partial charge >= 0.3 is 0 Å². The van der Waals surface area contributed by atoms with Gasteiger partial charge in [0.15, 0.2) is 6.10 Å². The highest BCUT2D eigenvalue weighted by Gasteiger charge is 2.22. The summed E-state index contributed by atoms with van der Waals surface area (Å²) in [6, 6.07) is 6.27. The van der Waals surface area contributed by atoms with E-state index in [4.69, 9.17) is 9.47 Å². The minimum atomic E-state index is -0.432. The molecule has 0 aromatic heterocycles. The first-order valence-electron chi connectivity index (χ1n) is 8.94. The zero-order chi connectivity index (χ0) is 16.1. The molecule has 1 heterocycles. The molecule has 1 aliphatic carbocycles. The quantitative estimate of drug-likeness (QED) is 0.877. The van der Waals surface area contributed by atoms with Gasteiger partial charge in [-0.15, -0.1) is 0 Å². The molecule has 2 unspecified atom stereocenters. The lowest BCUT2D eigenvalue weighted by Crippen LogP contribution is -2.41. The van der Waals surface area contributed by atoms with Crippen molar-refractivity contribution in [2.75, 3.05) is 13.2 Å². The van der Waals surface area contributed by atoms with Crippen molar-refractivity contribution in [1.29, 1.82) is 0 Å². The molecule has 1 aliphatic heterocycles. The normalized spacial score (nSPS) is 21.5. The molecular weight excluding hydrogens is 290 g/mol. The fraction of sp³-hybridized carbons (Fsp3) is 0.632. The largest absolute Gasteiger partial charge is 0.481 e. The summed E-state index contributed by atoms with van der Waals surface area (Å²) >= 11 is 0. The highest BCUT2D eigenvalue weighted by Crippen LogP contribution is 2.26. The van der Waals surface area contributed by atoms with Crippen LogP contribution in [0.3, 0.4) is 0 Å². The predicted octanol–water partition coefficient (Wildman–Crippen LogP) is 3.02. The molecule has 0 spiro atoms. The Kier molecular flexibility index (Phi) is 5.55. The van der Waals surface area contributed by atoms with E-state index in [1.807, 2.05) is 13.0 Å². The Morgan fingerprint density at radius 3 is 2.87 bits per heavy atom. The number of fused-ring (bicyclic) bond motifs is 1. The Balaban J connectivity index is 1.56. The first-order chi connectivity index (χ1) is 11.3. The molecule has 4 heteroatoms. The van der Waals surface area contributed by atoms with Crippen molar-refractivity contribution >= 4 is 5.91 Å². The predicted molar refractivity (Wildman–Crippen MR) is 89.8 cm³/mol. The van der Waals surface area contributed by atoms with Crippen molar-refractivity contribution in [3.05, 3.63) is 29.3 Å².